The van der Waals surface area contributed by atoms with E-state index in [1.165, 1.54) is 0 Å². The number of nitrogens with zero attached hydrogens (tertiary/aromatic N) is 6. The Morgan fingerprint density at radius 2 is 1.81 bits per heavy atom. The van der Waals surface area contributed by atoms with Crippen LogP contribution in [-0.2, 0) is 0 Å². The fourth-order valence-corrected chi connectivity index (χ4v) is 2.21. The van der Waals surface area contributed by atoms with E-state index in [2.05, 4.69) is 20.4 Å². The monoisotopic (exact) mass is 276 g/mol. The lowest BCUT2D eigenvalue weighted by Gasteiger charge is -2.02. The van der Waals surface area contributed by atoms with Gasteiger partial charge < -0.3 is 0 Å². The molecule has 0 aliphatic carbocycles. The molecule has 3 aromatic heterocycles. The van der Waals surface area contributed by atoms with E-state index >= 15 is 0 Å². The molecule has 0 fully saturated rings. The van der Waals surface area contributed by atoms with Crippen molar-refractivity contribution >= 4 is 5.65 Å². The summed E-state index contributed by atoms with van der Waals surface area (Å²) in [5, 5.41) is 17.2. The average molecular weight is 276 g/mol. The Hall–Kier alpha value is -3.02. The van der Waals surface area contributed by atoms with E-state index in [-0.39, 0.29) is 0 Å². The highest BCUT2D eigenvalue weighted by molar-refractivity contribution is 5.58. The van der Waals surface area contributed by atoms with E-state index in [4.69, 9.17) is 0 Å². The first-order chi connectivity index (χ1) is 10.3. The van der Waals surface area contributed by atoms with Crippen LogP contribution in [0.25, 0.3) is 22.9 Å². The van der Waals surface area contributed by atoms with E-state index < -0.39 is 0 Å². The summed E-state index contributed by atoms with van der Waals surface area (Å²) >= 11 is 0. The summed E-state index contributed by atoms with van der Waals surface area (Å²) in [6.07, 6.45) is 3.73. The molecular formula is C15H12N6. The minimum atomic E-state index is 0.710. The van der Waals surface area contributed by atoms with Gasteiger partial charge in [0.1, 0.15) is 0 Å². The van der Waals surface area contributed by atoms with Crippen molar-refractivity contribution in [3.8, 4) is 17.2 Å². The number of hydrogen-bond acceptors (Lipinski definition) is 4. The van der Waals surface area contributed by atoms with Crippen LogP contribution < -0.4 is 0 Å². The van der Waals surface area contributed by atoms with Gasteiger partial charge in [0.15, 0.2) is 17.3 Å². The van der Waals surface area contributed by atoms with Crippen molar-refractivity contribution in [1.82, 2.24) is 29.6 Å². The van der Waals surface area contributed by atoms with Crippen LogP contribution in [0.4, 0.5) is 0 Å². The summed E-state index contributed by atoms with van der Waals surface area (Å²) in [4.78, 5) is 0. The summed E-state index contributed by atoms with van der Waals surface area (Å²) in [6.45, 7) is 2.00. The number of hydrogen-bond donors (Lipinski definition) is 0. The molecule has 0 aliphatic heterocycles. The molecule has 6 nitrogen and oxygen atoms in total. The molecule has 21 heavy (non-hydrogen) atoms. The largest absolute Gasteiger partial charge is 0.221 e. The van der Waals surface area contributed by atoms with Crippen molar-refractivity contribution in [2.45, 2.75) is 6.92 Å². The molecular weight excluding hydrogens is 264 g/mol. The predicted molar refractivity (Wildman–Crippen MR) is 78.1 cm³/mol. The Morgan fingerprint density at radius 3 is 2.57 bits per heavy atom. The van der Waals surface area contributed by atoms with Gasteiger partial charge in [-0.3, -0.25) is 0 Å². The van der Waals surface area contributed by atoms with E-state index in [1.54, 1.807) is 15.4 Å². The van der Waals surface area contributed by atoms with Gasteiger partial charge in [0.2, 0.25) is 0 Å². The van der Waals surface area contributed by atoms with Crippen LogP contribution in [0, 0.1) is 6.92 Å². The van der Waals surface area contributed by atoms with E-state index in [9.17, 15) is 0 Å². The Balaban J connectivity index is 1.90. The molecule has 0 bridgehead atoms. The van der Waals surface area contributed by atoms with E-state index in [0.717, 1.165) is 22.8 Å². The molecule has 0 spiro atoms. The summed E-state index contributed by atoms with van der Waals surface area (Å²) < 4.78 is 3.48. The van der Waals surface area contributed by atoms with Crippen LogP contribution in [0.3, 0.4) is 0 Å². The normalized spacial score (nSPS) is 11.1. The second kappa shape index (κ2) is 4.52. The lowest BCUT2D eigenvalue weighted by atomic mass is 10.2. The van der Waals surface area contributed by atoms with Gasteiger partial charge in [-0.15, -0.1) is 15.3 Å². The minimum Gasteiger partial charge on any atom is -0.221 e. The van der Waals surface area contributed by atoms with Crippen LogP contribution in [-0.4, -0.2) is 29.6 Å². The average Bonchev–Trinajstić information content (AvgIpc) is 3.13. The number of aryl methyl sites for hydroxylation is 1. The minimum absolute atomic E-state index is 0.710. The fourth-order valence-electron chi connectivity index (χ4n) is 2.21. The first-order valence-corrected chi connectivity index (χ1v) is 6.61. The molecule has 0 amide bonds. The maximum absolute atomic E-state index is 4.59. The third kappa shape index (κ3) is 1.97. The van der Waals surface area contributed by atoms with Crippen molar-refractivity contribution in [3.05, 3.63) is 60.4 Å². The Labute approximate surface area is 120 Å². The van der Waals surface area contributed by atoms with Gasteiger partial charge in [0, 0.05) is 11.8 Å². The summed E-state index contributed by atoms with van der Waals surface area (Å²) in [5.74, 6) is 1.45. The molecule has 0 saturated carbocycles. The molecule has 0 atom stereocenters. The third-order valence-electron chi connectivity index (χ3n) is 3.23. The maximum Gasteiger partial charge on any atom is 0.185 e. The van der Waals surface area contributed by atoms with Crippen molar-refractivity contribution in [1.29, 1.82) is 0 Å². The molecule has 4 aromatic rings. The molecule has 102 valence electrons. The topological polar surface area (TPSA) is 60.9 Å². The predicted octanol–water partition coefficient (Wildman–Crippen LogP) is 2.29. The van der Waals surface area contributed by atoms with Gasteiger partial charge in [0.25, 0.3) is 0 Å². The van der Waals surface area contributed by atoms with Crippen molar-refractivity contribution in [3.63, 3.8) is 0 Å². The van der Waals surface area contributed by atoms with Gasteiger partial charge in [-0.05, 0) is 24.6 Å². The lowest BCUT2D eigenvalue weighted by molar-refractivity contribution is 0.794. The Bertz CT molecular complexity index is 906. The highest BCUT2D eigenvalue weighted by Gasteiger charge is 2.10. The first kappa shape index (κ1) is 11.8. The van der Waals surface area contributed by atoms with Crippen molar-refractivity contribution < 1.29 is 0 Å². The third-order valence-corrected chi connectivity index (χ3v) is 3.23. The van der Waals surface area contributed by atoms with Gasteiger partial charge >= 0.3 is 0 Å². The smallest absolute Gasteiger partial charge is 0.185 e. The van der Waals surface area contributed by atoms with Crippen LogP contribution in [0.5, 0.6) is 0 Å². The SMILES string of the molecule is Cc1cnn(-c2ccc3nnc(-c4ccccc4)n3n2)c1. The van der Waals surface area contributed by atoms with E-state index in [1.807, 2.05) is 55.6 Å². The standard InChI is InChI=1S/C15H12N6/c1-11-9-16-20(10-11)14-8-7-13-17-18-15(21(13)19-14)12-5-3-2-4-6-12/h2-10H,1H3. The summed E-state index contributed by atoms with van der Waals surface area (Å²) in [7, 11) is 0. The van der Waals surface area contributed by atoms with Gasteiger partial charge in [-0.1, -0.05) is 30.3 Å². The highest BCUT2D eigenvalue weighted by Crippen LogP contribution is 2.17. The Morgan fingerprint density at radius 1 is 0.952 bits per heavy atom. The van der Waals surface area contributed by atoms with Crippen molar-refractivity contribution in [2.24, 2.45) is 0 Å². The molecule has 0 aliphatic rings. The number of benzene rings is 1. The molecule has 0 saturated heterocycles. The van der Waals surface area contributed by atoms with E-state index in [0.29, 0.717) is 5.65 Å². The molecule has 0 N–H and O–H groups in total. The molecule has 1 aromatic carbocycles. The zero-order valence-electron chi connectivity index (χ0n) is 11.4. The quantitative estimate of drug-likeness (QED) is 0.563. The zero-order valence-corrected chi connectivity index (χ0v) is 11.4. The number of rotatable bonds is 2. The first-order valence-electron chi connectivity index (χ1n) is 6.61. The maximum atomic E-state index is 4.59. The van der Waals surface area contributed by atoms with Crippen LogP contribution in [0.1, 0.15) is 5.56 Å². The lowest BCUT2D eigenvalue weighted by Crippen LogP contribution is -2.03. The summed E-state index contributed by atoms with van der Waals surface area (Å²) in [6, 6.07) is 13.7. The van der Waals surface area contributed by atoms with Crippen LogP contribution in [0.2, 0.25) is 0 Å². The van der Waals surface area contributed by atoms with Gasteiger partial charge in [-0.2, -0.15) is 9.61 Å². The number of fused-ring (bicyclic) bond motifs is 1. The second-order valence-corrected chi connectivity index (χ2v) is 4.81. The van der Waals surface area contributed by atoms with Gasteiger partial charge in [-0.25, -0.2) is 4.68 Å². The summed E-state index contributed by atoms with van der Waals surface area (Å²) in [5.41, 5.74) is 2.77. The Kier molecular flexibility index (Phi) is 2.53. The fraction of sp³-hybridized carbons (Fsp3) is 0.0667. The second-order valence-electron chi connectivity index (χ2n) is 4.81. The molecule has 6 heteroatoms. The molecule has 0 unspecified atom stereocenters. The molecule has 4 rings (SSSR count). The molecule has 0 radical (unpaired) electrons. The van der Waals surface area contributed by atoms with Crippen LogP contribution in [0.15, 0.2) is 54.9 Å². The van der Waals surface area contributed by atoms with Crippen molar-refractivity contribution in [2.75, 3.05) is 0 Å². The molecule has 3 heterocycles. The van der Waals surface area contributed by atoms with Crippen LogP contribution >= 0.6 is 0 Å². The zero-order chi connectivity index (χ0) is 14.2. The number of aromatic nitrogens is 6. The highest BCUT2D eigenvalue weighted by atomic mass is 15.4. The van der Waals surface area contributed by atoms with Gasteiger partial charge in [0.05, 0.1) is 6.20 Å².